The molecule has 1 aromatic rings. The van der Waals surface area contributed by atoms with E-state index >= 15 is 0 Å². The average Bonchev–Trinajstić information content (AvgIpc) is 2.60. The van der Waals surface area contributed by atoms with E-state index in [-0.39, 0.29) is 24.1 Å². The van der Waals surface area contributed by atoms with Crippen molar-refractivity contribution in [2.24, 2.45) is 0 Å². The molecule has 0 spiro atoms. The predicted molar refractivity (Wildman–Crippen MR) is 68.9 cm³/mol. The molecule has 0 aromatic heterocycles. The molecule has 1 saturated heterocycles. The minimum atomic E-state index is -4.35. The Morgan fingerprint density at radius 2 is 2.05 bits per heavy atom. The molecular formula is C14H17F3N2O. The van der Waals surface area contributed by atoms with Crippen LogP contribution in [0.25, 0.3) is 0 Å². The van der Waals surface area contributed by atoms with Crippen LogP contribution in [0.2, 0.25) is 0 Å². The Morgan fingerprint density at radius 3 is 2.80 bits per heavy atom. The minimum Gasteiger partial charge on any atom is -0.356 e. The monoisotopic (exact) mass is 286 g/mol. The van der Waals surface area contributed by atoms with Gasteiger partial charge in [0.15, 0.2) is 0 Å². The van der Waals surface area contributed by atoms with Crippen LogP contribution in [0.15, 0.2) is 24.3 Å². The van der Waals surface area contributed by atoms with Crippen molar-refractivity contribution in [3.63, 3.8) is 0 Å². The molecule has 1 unspecified atom stereocenters. The maximum absolute atomic E-state index is 12.8. The molecule has 0 radical (unpaired) electrons. The highest BCUT2D eigenvalue weighted by molar-refractivity contribution is 5.76. The first-order chi connectivity index (χ1) is 9.47. The molecule has 2 rings (SSSR count). The largest absolute Gasteiger partial charge is 0.416 e. The van der Waals surface area contributed by atoms with Gasteiger partial charge in [0, 0.05) is 25.6 Å². The van der Waals surface area contributed by atoms with Gasteiger partial charge < -0.3 is 10.6 Å². The smallest absolute Gasteiger partial charge is 0.356 e. The summed E-state index contributed by atoms with van der Waals surface area (Å²) in [6.45, 7) is 0.754. The highest BCUT2D eigenvalue weighted by atomic mass is 19.4. The highest BCUT2D eigenvalue weighted by Crippen LogP contribution is 2.31. The topological polar surface area (TPSA) is 41.1 Å². The Bertz CT molecular complexity index is 474. The van der Waals surface area contributed by atoms with Crippen molar-refractivity contribution in [3.8, 4) is 0 Å². The van der Waals surface area contributed by atoms with Gasteiger partial charge in [-0.25, -0.2) is 0 Å². The molecular weight excluding hydrogens is 269 g/mol. The van der Waals surface area contributed by atoms with E-state index in [1.807, 2.05) is 0 Å². The summed E-state index contributed by atoms with van der Waals surface area (Å²) < 4.78 is 38.5. The SMILES string of the molecule is O=C1CC(NCc2ccccc2C(F)(F)F)CCCN1. The van der Waals surface area contributed by atoms with Crippen LogP contribution in [0, 0.1) is 0 Å². The van der Waals surface area contributed by atoms with Crippen LogP contribution in [0.4, 0.5) is 13.2 Å². The lowest BCUT2D eigenvalue weighted by atomic mass is 10.1. The first-order valence-electron chi connectivity index (χ1n) is 6.62. The van der Waals surface area contributed by atoms with E-state index in [2.05, 4.69) is 10.6 Å². The minimum absolute atomic E-state index is 0.0518. The molecule has 2 N–H and O–H groups in total. The van der Waals surface area contributed by atoms with Gasteiger partial charge in [0.05, 0.1) is 5.56 Å². The second kappa shape index (κ2) is 6.26. The second-order valence-corrected chi connectivity index (χ2v) is 4.93. The lowest BCUT2D eigenvalue weighted by Crippen LogP contribution is -2.32. The lowest BCUT2D eigenvalue weighted by Gasteiger charge is -2.18. The normalized spacial score (nSPS) is 20.4. The summed E-state index contributed by atoms with van der Waals surface area (Å²) in [4.78, 5) is 11.4. The molecule has 20 heavy (non-hydrogen) atoms. The van der Waals surface area contributed by atoms with Crippen molar-refractivity contribution in [2.75, 3.05) is 6.54 Å². The Hall–Kier alpha value is -1.56. The van der Waals surface area contributed by atoms with Gasteiger partial charge in [0.25, 0.3) is 0 Å². The average molecular weight is 286 g/mol. The number of rotatable bonds is 3. The van der Waals surface area contributed by atoms with Gasteiger partial charge in [-0.2, -0.15) is 13.2 Å². The third-order valence-electron chi connectivity index (χ3n) is 3.39. The zero-order chi connectivity index (χ0) is 14.6. The quantitative estimate of drug-likeness (QED) is 0.896. The van der Waals surface area contributed by atoms with Crippen molar-refractivity contribution in [1.82, 2.24) is 10.6 Å². The van der Waals surface area contributed by atoms with E-state index in [0.717, 1.165) is 18.9 Å². The van der Waals surface area contributed by atoms with Crippen LogP contribution in [-0.4, -0.2) is 18.5 Å². The van der Waals surface area contributed by atoms with E-state index in [1.165, 1.54) is 12.1 Å². The summed E-state index contributed by atoms with van der Waals surface area (Å²) in [5.74, 6) is -0.0518. The molecule has 0 aliphatic carbocycles. The number of carbonyl (C=O) groups excluding carboxylic acids is 1. The number of carbonyl (C=O) groups is 1. The zero-order valence-corrected chi connectivity index (χ0v) is 11.0. The molecule has 1 aromatic carbocycles. The third-order valence-corrected chi connectivity index (χ3v) is 3.39. The first-order valence-corrected chi connectivity index (χ1v) is 6.62. The van der Waals surface area contributed by atoms with Gasteiger partial charge >= 0.3 is 6.18 Å². The molecule has 110 valence electrons. The third kappa shape index (κ3) is 3.96. The van der Waals surface area contributed by atoms with Crippen LogP contribution >= 0.6 is 0 Å². The Balaban J connectivity index is 2.02. The molecule has 1 atom stereocenters. The summed E-state index contributed by atoms with van der Waals surface area (Å²) in [7, 11) is 0. The van der Waals surface area contributed by atoms with Crippen LogP contribution < -0.4 is 10.6 Å². The fourth-order valence-electron chi connectivity index (χ4n) is 2.35. The van der Waals surface area contributed by atoms with Gasteiger partial charge in [-0.15, -0.1) is 0 Å². The summed E-state index contributed by atoms with van der Waals surface area (Å²) in [6.07, 6.45) is -2.41. The molecule has 3 nitrogen and oxygen atoms in total. The fraction of sp³-hybridized carbons (Fsp3) is 0.500. The van der Waals surface area contributed by atoms with Crippen molar-refractivity contribution in [2.45, 2.75) is 38.0 Å². The van der Waals surface area contributed by atoms with Crippen molar-refractivity contribution in [1.29, 1.82) is 0 Å². The van der Waals surface area contributed by atoms with E-state index < -0.39 is 11.7 Å². The van der Waals surface area contributed by atoms with Crippen LogP contribution in [0.1, 0.15) is 30.4 Å². The molecule has 0 bridgehead atoms. The molecule has 1 fully saturated rings. The van der Waals surface area contributed by atoms with Gasteiger partial charge in [-0.05, 0) is 24.5 Å². The molecule has 1 heterocycles. The summed E-state index contributed by atoms with van der Waals surface area (Å²) in [6, 6.07) is 5.44. The van der Waals surface area contributed by atoms with Crippen molar-refractivity contribution < 1.29 is 18.0 Å². The number of amides is 1. The van der Waals surface area contributed by atoms with Crippen LogP contribution in [0.3, 0.4) is 0 Å². The second-order valence-electron chi connectivity index (χ2n) is 4.93. The Labute approximate surface area is 115 Å². The van der Waals surface area contributed by atoms with E-state index in [0.29, 0.717) is 13.0 Å². The predicted octanol–water partition coefficient (Wildman–Crippen LogP) is 2.46. The maximum Gasteiger partial charge on any atom is 0.416 e. The fourth-order valence-corrected chi connectivity index (χ4v) is 2.35. The first kappa shape index (κ1) is 14.8. The van der Waals surface area contributed by atoms with Gasteiger partial charge in [0.1, 0.15) is 0 Å². The Morgan fingerprint density at radius 1 is 1.30 bits per heavy atom. The van der Waals surface area contributed by atoms with E-state index in [1.54, 1.807) is 6.07 Å². The van der Waals surface area contributed by atoms with Gasteiger partial charge in [-0.3, -0.25) is 4.79 Å². The number of hydrogen-bond donors (Lipinski definition) is 2. The molecule has 1 aliphatic heterocycles. The van der Waals surface area contributed by atoms with Gasteiger partial charge in [0.2, 0.25) is 5.91 Å². The van der Waals surface area contributed by atoms with E-state index in [4.69, 9.17) is 0 Å². The van der Waals surface area contributed by atoms with Crippen LogP contribution in [-0.2, 0) is 17.5 Å². The molecule has 1 aliphatic rings. The number of hydrogen-bond acceptors (Lipinski definition) is 2. The standard InChI is InChI=1S/C14H17F3N2O/c15-14(16,17)12-6-2-1-4-10(12)9-19-11-5-3-7-18-13(20)8-11/h1-2,4,6,11,19H,3,5,7-9H2,(H,18,20). The number of halogens is 3. The zero-order valence-electron chi connectivity index (χ0n) is 11.0. The van der Waals surface area contributed by atoms with E-state index in [9.17, 15) is 18.0 Å². The maximum atomic E-state index is 12.8. The van der Waals surface area contributed by atoms with Crippen molar-refractivity contribution in [3.05, 3.63) is 35.4 Å². The summed E-state index contributed by atoms with van der Waals surface area (Å²) in [5, 5.41) is 5.81. The molecule has 6 heteroatoms. The highest BCUT2D eigenvalue weighted by Gasteiger charge is 2.32. The lowest BCUT2D eigenvalue weighted by molar-refractivity contribution is -0.138. The molecule has 1 amide bonds. The number of alkyl halides is 3. The summed E-state index contributed by atoms with van der Waals surface area (Å²) in [5.41, 5.74) is -0.407. The molecule has 0 saturated carbocycles. The summed E-state index contributed by atoms with van der Waals surface area (Å²) >= 11 is 0. The van der Waals surface area contributed by atoms with Crippen LogP contribution in [0.5, 0.6) is 0 Å². The van der Waals surface area contributed by atoms with Crippen molar-refractivity contribution >= 4 is 5.91 Å². The van der Waals surface area contributed by atoms with Gasteiger partial charge in [-0.1, -0.05) is 18.2 Å². The number of nitrogens with one attached hydrogen (secondary N) is 2. The number of benzene rings is 1. The Kier molecular flexibility index (Phi) is 4.65.